The Hall–Kier alpha value is -2.78. The lowest BCUT2D eigenvalue weighted by Crippen LogP contribution is -2.38. The Balaban J connectivity index is 1.95. The van der Waals surface area contributed by atoms with E-state index in [4.69, 9.17) is 0 Å². The van der Waals surface area contributed by atoms with Gasteiger partial charge in [-0.1, -0.05) is 13.0 Å². The van der Waals surface area contributed by atoms with Gasteiger partial charge in [0.25, 0.3) is 11.6 Å². The molecule has 0 bridgehead atoms. The molecule has 1 aliphatic heterocycles. The predicted octanol–water partition coefficient (Wildman–Crippen LogP) is 4.19. The van der Waals surface area contributed by atoms with Gasteiger partial charge in [-0.15, -0.1) is 0 Å². The number of sulfonamides is 1. The average Bonchev–Trinajstić information content (AvgIpc) is 2.71. The van der Waals surface area contributed by atoms with Crippen molar-refractivity contribution < 1.29 is 18.1 Å². The molecule has 2 aromatic rings. The molecule has 3 rings (SSSR count). The molecule has 9 heteroatoms. The van der Waals surface area contributed by atoms with Gasteiger partial charge < -0.3 is 5.32 Å². The number of piperidine rings is 1. The lowest BCUT2D eigenvalue weighted by atomic mass is 10.0. The number of amides is 1. The largest absolute Gasteiger partial charge is 0.321 e. The van der Waals surface area contributed by atoms with Gasteiger partial charge in [-0.25, -0.2) is 8.42 Å². The SMILES string of the molecule is Cc1cc(C(=O)Nc2cccc([N+](=O)[O-])c2C)cc(S(=O)(=O)N2CCC(C)CC2)c1C. The summed E-state index contributed by atoms with van der Waals surface area (Å²) >= 11 is 0. The number of hydrogen-bond donors (Lipinski definition) is 1. The smallest absolute Gasteiger partial charge is 0.274 e. The highest BCUT2D eigenvalue weighted by atomic mass is 32.2. The number of carbonyl (C=O) groups excluding carboxylic acids is 1. The topological polar surface area (TPSA) is 110 Å². The van der Waals surface area contributed by atoms with Crippen LogP contribution in [-0.2, 0) is 10.0 Å². The van der Waals surface area contributed by atoms with Crippen molar-refractivity contribution in [2.45, 2.75) is 45.4 Å². The third-order valence-corrected chi connectivity index (χ3v) is 8.02. The molecule has 0 atom stereocenters. The van der Waals surface area contributed by atoms with E-state index in [9.17, 15) is 23.3 Å². The number of nitro benzene ring substituents is 1. The van der Waals surface area contributed by atoms with Crippen molar-refractivity contribution in [2.75, 3.05) is 18.4 Å². The summed E-state index contributed by atoms with van der Waals surface area (Å²) in [6.45, 7) is 8.10. The molecule has 31 heavy (non-hydrogen) atoms. The normalized spacial score (nSPS) is 15.6. The number of nitrogens with zero attached hydrogens (tertiary/aromatic N) is 2. The first-order valence-electron chi connectivity index (χ1n) is 10.2. The number of nitro groups is 1. The van der Waals surface area contributed by atoms with Gasteiger partial charge in [-0.05, 0) is 68.9 Å². The van der Waals surface area contributed by atoms with Crippen LogP contribution in [0.3, 0.4) is 0 Å². The molecule has 0 aromatic heterocycles. The molecule has 0 unspecified atom stereocenters. The zero-order chi connectivity index (χ0) is 22.9. The van der Waals surface area contributed by atoms with Gasteiger partial charge >= 0.3 is 0 Å². The highest BCUT2D eigenvalue weighted by Crippen LogP contribution is 2.29. The van der Waals surface area contributed by atoms with E-state index in [1.807, 2.05) is 0 Å². The number of carbonyl (C=O) groups is 1. The van der Waals surface area contributed by atoms with Gasteiger partial charge in [0.1, 0.15) is 0 Å². The van der Waals surface area contributed by atoms with E-state index in [0.717, 1.165) is 12.8 Å². The van der Waals surface area contributed by atoms with Crippen molar-refractivity contribution in [3.63, 3.8) is 0 Å². The van der Waals surface area contributed by atoms with Crippen LogP contribution in [0.5, 0.6) is 0 Å². The second kappa shape index (κ2) is 8.76. The number of rotatable bonds is 5. The molecule has 1 aliphatic rings. The molecule has 166 valence electrons. The number of aryl methyl sites for hydroxylation is 1. The van der Waals surface area contributed by atoms with E-state index in [1.54, 1.807) is 32.9 Å². The molecule has 2 aromatic carbocycles. The van der Waals surface area contributed by atoms with Crippen molar-refractivity contribution in [1.29, 1.82) is 0 Å². The van der Waals surface area contributed by atoms with Crippen LogP contribution in [0.15, 0.2) is 35.2 Å². The van der Waals surface area contributed by atoms with E-state index in [0.29, 0.717) is 41.4 Å². The van der Waals surface area contributed by atoms with Gasteiger partial charge in [0.2, 0.25) is 10.0 Å². The van der Waals surface area contributed by atoms with Crippen LogP contribution in [0.4, 0.5) is 11.4 Å². The Morgan fingerprint density at radius 2 is 1.77 bits per heavy atom. The van der Waals surface area contributed by atoms with Crippen LogP contribution in [-0.4, -0.2) is 36.6 Å². The minimum atomic E-state index is -3.73. The van der Waals surface area contributed by atoms with Crippen LogP contribution >= 0.6 is 0 Å². The van der Waals surface area contributed by atoms with Crippen LogP contribution in [0.1, 0.15) is 46.8 Å². The van der Waals surface area contributed by atoms with E-state index in [2.05, 4.69) is 12.2 Å². The predicted molar refractivity (Wildman–Crippen MR) is 119 cm³/mol. The Kier molecular flexibility index (Phi) is 6.47. The Bertz CT molecular complexity index is 1140. The van der Waals surface area contributed by atoms with Gasteiger partial charge in [-0.2, -0.15) is 4.31 Å². The van der Waals surface area contributed by atoms with Gasteiger partial charge in [0, 0.05) is 24.7 Å². The molecule has 0 aliphatic carbocycles. The number of anilines is 1. The second-order valence-corrected chi connectivity index (χ2v) is 10.1. The first kappa shape index (κ1) is 22.9. The summed E-state index contributed by atoms with van der Waals surface area (Å²) in [6, 6.07) is 7.47. The molecule has 1 saturated heterocycles. The average molecular weight is 446 g/mol. The fourth-order valence-corrected chi connectivity index (χ4v) is 5.54. The molecule has 1 N–H and O–H groups in total. The maximum absolute atomic E-state index is 13.3. The third-order valence-electron chi connectivity index (χ3n) is 5.99. The van der Waals surface area contributed by atoms with Gasteiger partial charge in [-0.3, -0.25) is 14.9 Å². The summed E-state index contributed by atoms with van der Waals surface area (Å²) in [5.41, 5.74) is 2.04. The summed E-state index contributed by atoms with van der Waals surface area (Å²) in [6.07, 6.45) is 1.62. The molecule has 8 nitrogen and oxygen atoms in total. The van der Waals surface area contributed by atoms with Crippen molar-refractivity contribution in [3.8, 4) is 0 Å². The summed E-state index contributed by atoms with van der Waals surface area (Å²) in [5, 5.41) is 13.8. The van der Waals surface area contributed by atoms with Crippen LogP contribution in [0, 0.1) is 36.8 Å². The highest BCUT2D eigenvalue weighted by Gasteiger charge is 2.30. The van der Waals surface area contributed by atoms with E-state index >= 15 is 0 Å². The molecule has 1 fully saturated rings. The van der Waals surface area contributed by atoms with Gasteiger partial charge in [0.05, 0.1) is 21.1 Å². The zero-order valence-corrected chi connectivity index (χ0v) is 19.0. The molecule has 0 radical (unpaired) electrons. The van der Waals surface area contributed by atoms with Crippen LogP contribution < -0.4 is 5.32 Å². The summed E-state index contributed by atoms with van der Waals surface area (Å²) in [7, 11) is -3.73. The number of benzene rings is 2. The lowest BCUT2D eigenvalue weighted by Gasteiger charge is -2.30. The molecule has 1 heterocycles. The van der Waals surface area contributed by atoms with E-state index in [1.165, 1.54) is 22.5 Å². The maximum Gasteiger partial charge on any atom is 0.274 e. The van der Waals surface area contributed by atoms with Crippen LogP contribution in [0.2, 0.25) is 0 Å². The Morgan fingerprint density at radius 1 is 1.13 bits per heavy atom. The minimum absolute atomic E-state index is 0.0968. The first-order valence-corrected chi connectivity index (χ1v) is 11.6. The maximum atomic E-state index is 13.3. The molecule has 0 saturated carbocycles. The third kappa shape index (κ3) is 4.62. The molecular formula is C22H27N3O5S. The zero-order valence-electron chi connectivity index (χ0n) is 18.1. The monoisotopic (exact) mass is 445 g/mol. The lowest BCUT2D eigenvalue weighted by molar-refractivity contribution is -0.385. The summed E-state index contributed by atoms with van der Waals surface area (Å²) in [5.74, 6) is -0.0278. The number of nitrogens with one attached hydrogen (secondary N) is 1. The number of hydrogen-bond acceptors (Lipinski definition) is 5. The molecular weight excluding hydrogens is 418 g/mol. The second-order valence-electron chi connectivity index (χ2n) is 8.16. The van der Waals surface area contributed by atoms with Gasteiger partial charge in [0.15, 0.2) is 0 Å². The standard InChI is InChI=1S/C22H27N3O5S/c1-14-8-10-24(11-9-14)31(29,30)21-13-18(12-15(2)16(21)3)22(26)23-19-6-5-7-20(17(19)4)25(27)28/h5-7,12-14H,8-11H2,1-4H3,(H,23,26). The molecule has 0 spiro atoms. The van der Waals surface area contributed by atoms with E-state index in [-0.39, 0.29) is 16.1 Å². The fraction of sp³-hybridized carbons (Fsp3) is 0.409. The van der Waals surface area contributed by atoms with Crippen molar-refractivity contribution >= 4 is 27.3 Å². The highest BCUT2D eigenvalue weighted by molar-refractivity contribution is 7.89. The fourth-order valence-electron chi connectivity index (χ4n) is 3.74. The van der Waals surface area contributed by atoms with Crippen molar-refractivity contribution in [2.24, 2.45) is 5.92 Å². The Morgan fingerprint density at radius 3 is 2.39 bits per heavy atom. The molecule has 1 amide bonds. The first-order chi connectivity index (χ1) is 14.5. The quantitative estimate of drug-likeness (QED) is 0.548. The van der Waals surface area contributed by atoms with Crippen LogP contribution in [0.25, 0.3) is 0 Å². The summed E-state index contributed by atoms with van der Waals surface area (Å²) in [4.78, 5) is 23.7. The van der Waals surface area contributed by atoms with Crippen molar-refractivity contribution in [3.05, 3.63) is 62.7 Å². The van der Waals surface area contributed by atoms with Crippen molar-refractivity contribution in [1.82, 2.24) is 4.31 Å². The van der Waals surface area contributed by atoms with E-state index < -0.39 is 20.9 Å². The summed E-state index contributed by atoms with van der Waals surface area (Å²) < 4.78 is 28.1. The Labute approximate surface area is 182 Å². The minimum Gasteiger partial charge on any atom is -0.321 e.